The van der Waals surface area contributed by atoms with Crippen LogP contribution in [0.4, 0.5) is 0 Å². The van der Waals surface area contributed by atoms with E-state index in [0.29, 0.717) is 32.7 Å². The Labute approximate surface area is 112 Å². The minimum Gasteiger partial charge on any atom is -0.469 e. The van der Waals surface area contributed by atoms with E-state index < -0.39 is 0 Å². The van der Waals surface area contributed by atoms with E-state index >= 15 is 0 Å². The van der Waals surface area contributed by atoms with Gasteiger partial charge in [-0.2, -0.15) is 0 Å². The molecule has 0 aromatic carbocycles. The summed E-state index contributed by atoms with van der Waals surface area (Å²) >= 11 is 1.51. The molecule has 0 saturated carbocycles. The largest absolute Gasteiger partial charge is 0.469 e. The molecule has 0 aromatic heterocycles. The molecule has 0 radical (unpaired) electrons. The van der Waals surface area contributed by atoms with Crippen molar-refractivity contribution >= 4 is 23.6 Å². The highest BCUT2D eigenvalue weighted by molar-refractivity contribution is 8.01. The maximum Gasteiger partial charge on any atom is 0.306 e. The van der Waals surface area contributed by atoms with Crippen LogP contribution in [0.1, 0.15) is 20.3 Å². The van der Waals surface area contributed by atoms with Crippen molar-refractivity contribution in [2.75, 3.05) is 33.4 Å². The summed E-state index contributed by atoms with van der Waals surface area (Å²) in [6.45, 7) is 6.37. The molecule has 1 amide bonds. The number of ether oxygens (including phenoxy) is 2. The summed E-state index contributed by atoms with van der Waals surface area (Å²) < 4.78 is 9.83. The molecule has 1 heterocycles. The lowest BCUT2D eigenvalue weighted by Crippen LogP contribution is -2.44. The van der Waals surface area contributed by atoms with Gasteiger partial charge in [0.25, 0.3) is 0 Å². The fourth-order valence-electron chi connectivity index (χ4n) is 1.81. The minimum atomic E-state index is -0.235. The number of hydrogen-bond donors (Lipinski definition) is 0. The molecule has 0 bridgehead atoms. The van der Waals surface area contributed by atoms with Crippen LogP contribution < -0.4 is 0 Å². The zero-order chi connectivity index (χ0) is 13.5. The predicted octanol–water partition coefficient (Wildman–Crippen LogP) is 0.918. The highest BCUT2D eigenvalue weighted by Crippen LogP contribution is 2.22. The first-order chi connectivity index (χ1) is 8.54. The van der Waals surface area contributed by atoms with Crippen molar-refractivity contribution in [2.24, 2.45) is 0 Å². The van der Waals surface area contributed by atoms with Gasteiger partial charge < -0.3 is 14.4 Å². The number of methoxy groups -OCH3 is 1. The number of hydrogen-bond acceptors (Lipinski definition) is 5. The summed E-state index contributed by atoms with van der Waals surface area (Å²) in [4.78, 5) is 25.1. The zero-order valence-electron chi connectivity index (χ0n) is 11.2. The van der Waals surface area contributed by atoms with E-state index in [9.17, 15) is 9.59 Å². The lowest BCUT2D eigenvalue weighted by molar-refractivity contribution is -0.140. The van der Waals surface area contributed by atoms with Crippen LogP contribution >= 0.6 is 11.8 Å². The van der Waals surface area contributed by atoms with Crippen molar-refractivity contribution in [3.63, 3.8) is 0 Å². The fourth-order valence-corrected chi connectivity index (χ4v) is 3.01. The van der Waals surface area contributed by atoms with Gasteiger partial charge in [-0.15, -0.1) is 11.8 Å². The minimum absolute atomic E-state index is 0.0810. The van der Waals surface area contributed by atoms with Gasteiger partial charge in [0.15, 0.2) is 0 Å². The summed E-state index contributed by atoms with van der Waals surface area (Å²) in [5, 5.41) is -0.0554. The second-order valence-electron chi connectivity index (χ2n) is 4.31. The molecule has 1 saturated heterocycles. The van der Waals surface area contributed by atoms with Crippen LogP contribution in [0.15, 0.2) is 0 Å². The summed E-state index contributed by atoms with van der Waals surface area (Å²) in [5.74, 6) is -0.110. The van der Waals surface area contributed by atoms with E-state index in [-0.39, 0.29) is 22.4 Å². The topological polar surface area (TPSA) is 55.8 Å². The number of rotatable bonds is 5. The molecule has 2 atom stereocenters. The molecule has 1 aliphatic rings. The average Bonchev–Trinajstić information content (AvgIpc) is 2.38. The normalized spacial score (nSPS) is 19.2. The van der Waals surface area contributed by atoms with Gasteiger partial charge in [-0.3, -0.25) is 9.59 Å². The molecule has 6 heteroatoms. The Hall–Kier alpha value is -0.750. The maximum atomic E-state index is 12.1. The van der Waals surface area contributed by atoms with Crippen LogP contribution in [0.5, 0.6) is 0 Å². The van der Waals surface area contributed by atoms with Crippen molar-refractivity contribution in [1.82, 2.24) is 4.90 Å². The first kappa shape index (κ1) is 15.3. The van der Waals surface area contributed by atoms with Crippen molar-refractivity contribution in [1.29, 1.82) is 0 Å². The van der Waals surface area contributed by atoms with Crippen molar-refractivity contribution in [3.8, 4) is 0 Å². The summed E-state index contributed by atoms with van der Waals surface area (Å²) in [6.07, 6.45) is 0.335. The SMILES string of the molecule is COC(=O)CC(C)SC(C)C(=O)N1CCOCC1. The molecule has 0 spiro atoms. The maximum absolute atomic E-state index is 12.1. The van der Waals surface area contributed by atoms with E-state index in [1.807, 2.05) is 18.7 Å². The zero-order valence-corrected chi connectivity index (χ0v) is 12.0. The number of amides is 1. The summed E-state index contributed by atoms with van der Waals surface area (Å²) in [7, 11) is 1.38. The molecule has 5 nitrogen and oxygen atoms in total. The third-order valence-electron chi connectivity index (χ3n) is 2.79. The number of morpholine rings is 1. The molecule has 1 aliphatic heterocycles. The van der Waals surface area contributed by atoms with E-state index in [0.717, 1.165) is 0 Å². The smallest absolute Gasteiger partial charge is 0.306 e. The summed E-state index contributed by atoms with van der Waals surface area (Å²) in [6, 6.07) is 0. The van der Waals surface area contributed by atoms with E-state index in [4.69, 9.17) is 4.74 Å². The van der Waals surface area contributed by atoms with Gasteiger partial charge in [-0.05, 0) is 6.92 Å². The number of esters is 1. The lowest BCUT2D eigenvalue weighted by atomic mass is 10.3. The van der Waals surface area contributed by atoms with Gasteiger partial charge in [0, 0.05) is 18.3 Å². The van der Waals surface area contributed by atoms with E-state index in [1.165, 1.54) is 18.9 Å². The standard InChI is InChI=1S/C12H21NO4S/c1-9(8-11(14)16-3)18-10(2)12(15)13-4-6-17-7-5-13/h9-10H,4-8H2,1-3H3. The van der Waals surface area contributed by atoms with E-state index in [1.54, 1.807) is 0 Å². The quantitative estimate of drug-likeness (QED) is 0.698. The molecule has 0 N–H and O–H groups in total. The van der Waals surface area contributed by atoms with Gasteiger partial charge in [-0.25, -0.2) is 0 Å². The number of nitrogens with zero attached hydrogens (tertiary/aromatic N) is 1. The predicted molar refractivity (Wildman–Crippen MR) is 70.5 cm³/mol. The first-order valence-corrected chi connectivity index (χ1v) is 7.07. The third-order valence-corrected chi connectivity index (χ3v) is 4.03. The molecular weight excluding hydrogens is 254 g/mol. The average molecular weight is 275 g/mol. The highest BCUT2D eigenvalue weighted by Gasteiger charge is 2.24. The first-order valence-electron chi connectivity index (χ1n) is 6.13. The Kier molecular flexibility index (Phi) is 6.49. The molecule has 1 fully saturated rings. The van der Waals surface area contributed by atoms with Crippen LogP contribution in [0.2, 0.25) is 0 Å². The van der Waals surface area contributed by atoms with Gasteiger partial charge in [-0.1, -0.05) is 6.92 Å². The number of carbonyl (C=O) groups excluding carboxylic acids is 2. The molecule has 104 valence electrons. The second kappa shape index (κ2) is 7.63. The highest BCUT2D eigenvalue weighted by atomic mass is 32.2. The molecule has 2 unspecified atom stereocenters. The monoisotopic (exact) mass is 275 g/mol. The van der Waals surface area contributed by atoms with Gasteiger partial charge in [0.1, 0.15) is 0 Å². The number of carbonyl (C=O) groups is 2. The Bertz CT molecular complexity index is 292. The Morgan fingerprint density at radius 1 is 1.33 bits per heavy atom. The van der Waals surface area contributed by atoms with Gasteiger partial charge in [0.05, 0.1) is 32.0 Å². The van der Waals surface area contributed by atoms with Crippen LogP contribution in [-0.2, 0) is 19.1 Å². The van der Waals surface area contributed by atoms with Gasteiger partial charge >= 0.3 is 5.97 Å². The Morgan fingerprint density at radius 3 is 2.50 bits per heavy atom. The van der Waals surface area contributed by atoms with Crippen molar-refractivity contribution < 1.29 is 19.1 Å². The van der Waals surface area contributed by atoms with Crippen LogP contribution in [0, 0.1) is 0 Å². The van der Waals surface area contributed by atoms with Gasteiger partial charge in [0.2, 0.25) is 5.91 Å². The number of thioether (sulfide) groups is 1. The van der Waals surface area contributed by atoms with Crippen molar-refractivity contribution in [3.05, 3.63) is 0 Å². The molecule has 0 aliphatic carbocycles. The second-order valence-corrected chi connectivity index (χ2v) is 6.09. The molecular formula is C12H21NO4S. The van der Waals surface area contributed by atoms with Crippen LogP contribution in [-0.4, -0.2) is 60.7 Å². The molecule has 18 heavy (non-hydrogen) atoms. The lowest BCUT2D eigenvalue weighted by Gasteiger charge is -2.29. The van der Waals surface area contributed by atoms with Crippen LogP contribution in [0.25, 0.3) is 0 Å². The fraction of sp³-hybridized carbons (Fsp3) is 0.833. The Morgan fingerprint density at radius 2 is 1.94 bits per heavy atom. The van der Waals surface area contributed by atoms with Crippen molar-refractivity contribution in [2.45, 2.75) is 30.8 Å². The Balaban J connectivity index is 2.36. The molecule has 1 rings (SSSR count). The third kappa shape index (κ3) is 4.86. The van der Waals surface area contributed by atoms with Crippen LogP contribution in [0.3, 0.4) is 0 Å². The molecule has 0 aromatic rings. The van der Waals surface area contributed by atoms with E-state index in [2.05, 4.69) is 4.74 Å². The summed E-state index contributed by atoms with van der Waals surface area (Å²) in [5.41, 5.74) is 0.